The number of nitrogens with one attached hydrogen (secondary N) is 1. The van der Waals surface area contributed by atoms with Gasteiger partial charge in [0.15, 0.2) is 0 Å². The van der Waals surface area contributed by atoms with Crippen LogP contribution in [0.25, 0.3) is 0 Å². The molecule has 77 valence electrons. The molecule has 1 aromatic rings. The molecule has 0 fully saturated rings. The average molecular weight is 190 g/mol. The van der Waals surface area contributed by atoms with Gasteiger partial charge in [-0.1, -0.05) is 50.6 Å². The van der Waals surface area contributed by atoms with E-state index in [1.807, 2.05) is 0 Å². The molecule has 1 radical (unpaired) electrons. The molecule has 1 rings (SSSR count). The molecule has 0 unspecified atom stereocenters. The van der Waals surface area contributed by atoms with Crippen LogP contribution in [-0.4, -0.2) is 0 Å². The van der Waals surface area contributed by atoms with E-state index in [0.29, 0.717) is 0 Å². The van der Waals surface area contributed by atoms with Crippen molar-refractivity contribution < 1.29 is 0 Å². The third kappa shape index (κ3) is 3.93. The summed E-state index contributed by atoms with van der Waals surface area (Å²) in [6.45, 7) is 5.40. The quantitative estimate of drug-likeness (QED) is 0.723. The fraction of sp³-hybridized carbons (Fsp3) is 0.462. The molecule has 0 aliphatic rings. The molecular formula is C13H20N. The maximum absolute atomic E-state index is 3.50. The zero-order chi connectivity index (χ0) is 10.2. The number of rotatable bonds is 6. The van der Waals surface area contributed by atoms with Crippen LogP contribution in [0, 0.1) is 6.04 Å². The standard InChI is InChI=1S/C13H20N/c1-3-8-13(4-2)14-11-12-9-6-5-7-10-12/h5-7,9-10,14H,3-4,8,11H2,1-2H3. The Balaban J connectivity index is 2.32. The molecule has 1 nitrogen and oxygen atoms in total. The van der Waals surface area contributed by atoms with Gasteiger partial charge in [-0.05, 0) is 18.4 Å². The Bertz CT molecular complexity index is 230. The zero-order valence-corrected chi connectivity index (χ0v) is 9.22. The summed E-state index contributed by atoms with van der Waals surface area (Å²) in [5.74, 6) is 0. The largest absolute Gasteiger partial charge is 0.305 e. The highest BCUT2D eigenvalue weighted by molar-refractivity contribution is 5.14. The normalized spacial score (nSPS) is 10.8. The third-order valence-corrected chi connectivity index (χ3v) is 2.36. The van der Waals surface area contributed by atoms with Gasteiger partial charge in [-0.2, -0.15) is 0 Å². The first-order chi connectivity index (χ1) is 6.86. The zero-order valence-electron chi connectivity index (χ0n) is 9.22. The predicted octanol–water partition coefficient (Wildman–Crippen LogP) is 3.52. The summed E-state index contributed by atoms with van der Waals surface area (Å²) < 4.78 is 0. The van der Waals surface area contributed by atoms with Crippen molar-refractivity contribution in [3.8, 4) is 0 Å². The van der Waals surface area contributed by atoms with Gasteiger partial charge in [-0.3, -0.25) is 0 Å². The Morgan fingerprint density at radius 2 is 1.86 bits per heavy atom. The number of hydrogen-bond acceptors (Lipinski definition) is 1. The SMILES string of the molecule is CCC[C](CC)NCc1ccccc1. The van der Waals surface area contributed by atoms with Gasteiger partial charge in [0.1, 0.15) is 0 Å². The van der Waals surface area contributed by atoms with Crippen LogP contribution in [0.15, 0.2) is 30.3 Å². The Hall–Kier alpha value is -0.820. The summed E-state index contributed by atoms with van der Waals surface area (Å²) in [4.78, 5) is 0. The van der Waals surface area contributed by atoms with Crippen molar-refractivity contribution in [2.24, 2.45) is 0 Å². The Morgan fingerprint density at radius 1 is 1.14 bits per heavy atom. The molecule has 0 aromatic heterocycles. The molecule has 0 spiro atoms. The monoisotopic (exact) mass is 190 g/mol. The lowest BCUT2D eigenvalue weighted by atomic mass is 10.1. The van der Waals surface area contributed by atoms with Gasteiger partial charge < -0.3 is 5.32 Å². The van der Waals surface area contributed by atoms with E-state index in [1.165, 1.54) is 24.4 Å². The highest BCUT2D eigenvalue weighted by Crippen LogP contribution is 2.10. The van der Waals surface area contributed by atoms with Gasteiger partial charge in [-0.25, -0.2) is 0 Å². The van der Waals surface area contributed by atoms with Crippen LogP contribution >= 0.6 is 0 Å². The lowest BCUT2D eigenvalue weighted by Crippen LogP contribution is -2.19. The Morgan fingerprint density at radius 3 is 2.43 bits per heavy atom. The van der Waals surface area contributed by atoms with Crippen LogP contribution in [0.5, 0.6) is 0 Å². The lowest BCUT2D eigenvalue weighted by molar-refractivity contribution is 0.589. The molecule has 0 bridgehead atoms. The van der Waals surface area contributed by atoms with Gasteiger partial charge in [-0.15, -0.1) is 0 Å². The van der Waals surface area contributed by atoms with Crippen molar-refractivity contribution in [1.82, 2.24) is 5.32 Å². The van der Waals surface area contributed by atoms with Gasteiger partial charge in [0.25, 0.3) is 0 Å². The molecule has 0 saturated carbocycles. The minimum absolute atomic E-state index is 0.962. The smallest absolute Gasteiger partial charge is 0.0364 e. The maximum Gasteiger partial charge on any atom is 0.0364 e. The predicted molar refractivity (Wildman–Crippen MR) is 61.7 cm³/mol. The highest BCUT2D eigenvalue weighted by Gasteiger charge is 2.04. The van der Waals surface area contributed by atoms with E-state index >= 15 is 0 Å². The fourth-order valence-corrected chi connectivity index (χ4v) is 1.51. The molecule has 1 heteroatoms. The van der Waals surface area contributed by atoms with E-state index in [4.69, 9.17) is 0 Å². The van der Waals surface area contributed by atoms with E-state index in [9.17, 15) is 0 Å². The van der Waals surface area contributed by atoms with E-state index in [1.54, 1.807) is 0 Å². The summed E-state index contributed by atoms with van der Waals surface area (Å²) in [6.07, 6.45) is 3.56. The third-order valence-electron chi connectivity index (χ3n) is 2.36. The topological polar surface area (TPSA) is 12.0 Å². The molecule has 1 aromatic carbocycles. The van der Waals surface area contributed by atoms with Crippen molar-refractivity contribution in [1.29, 1.82) is 0 Å². The van der Waals surface area contributed by atoms with Crippen molar-refractivity contribution in [3.05, 3.63) is 41.9 Å². The second-order valence-electron chi connectivity index (χ2n) is 3.55. The summed E-state index contributed by atoms with van der Waals surface area (Å²) in [6, 6.07) is 12.0. The molecule has 0 atom stereocenters. The van der Waals surface area contributed by atoms with E-state index in [-0.39, 0.29) is 0 Å². The van der Waals surface area contributed by atoms with Gasteiger partial charge >= 0.3 is 0 Å². The van der Waals surface area contributed by atoms with Gasteiger partial charge in [0, 0.05) is 12.6 Å². The minimum atomic E-state index is 0.962. The minimum Gasteiger partial charge on any atom is -0.305 e. The average Bonchev–Trinajstić information content (AvgIpc) is 2.25. The number of hydrogen-bond donors (Lipinski definition) is 1. The van der Waals surface area contributed by atoms with Crippen molar-refractivity contribution in [2.45, 2.75) is 39.7 Å². The first-order valence-electron chi connectivity index (χ1n) is 5.49. The molecule has 1 N–H and O–H groups in total. The molecule has 0 amide bonds. The van der Waals surface area contributed by atoms with Crippen LogP contribution in [0.1, 0.15) is 38.7 Å². The van der Waals surface area contributed by atoms with Crippen LogP contribution in [0.2, 0.25) is 0 Å². The van der Waals surface area contributed by atoms with Crippen molar-refractivity contribution in [3.63, 3.8) is 0 Å². The molecule has 0 aliphatic carbocycles. The second-order valence-corrected chi connectivity index (χ2v) is 3.55. The second kappa shape index (κ2) is 6.61. The van der Waals surface area contributed by atoms with Crippen LogP contribution in [0.3, 0.4) is 0 Å². The van der Waals surface area contributed by atoms with Crippen LogP contribution in [-0.2, 0) is 6.54 Å². The van der Waals surface area contributed by atoms with Crippen LogP contribution in [0.4, 0.5) is 0 Å². The number of benzene rings is 1. The van der Waals surface area contributed by atoms with Crippen molar-refractivity contribution in [2.75, 3.05) is 0 Å². The highest BCUT2D eigenvalue weighted by atomic mass is 14.9. The van der Waals surface area contributed by atoms with Crippen LogP contribution < -0.4 is 5.32 Å². The first-order valence-corrected chi connectivity index (χ1v) is 5.49. The van der Waals surface area contributed by atoms with E-state index in [2.05, 4.69) is 49.5 Å². The summed E-state index contributed by atoms with van der Waals surface area (Å²) in [5, 5.41) is 3.50. The molecule has 0 aliphatic heterocycles. The van der Waals surface area contributed by atoms with E-state index < -0.39 is 0 Å². The summed E-state index contributed by atoms with van der Waals surface area (Å²) in [7, 11) is 0. The Kier molecular flexibility index (Phi) is 5.31. The summed E-state index contributed by atoms with van der Waals surface area (Å²) >= 11 is 0. The molecule has 0 heterocycles. The molecular weight excluding hydrogens is 170 g/mol. The fourth-order valence-electron chi connectivity index (χ4n) is 1.51. The maximum atomic E-state index is 3.50. The lowest BCUT2D eigenvalue weighted by Gasteiger charge is -2.14. The Labute approximate surface area is 87.5 Å². The molecule has 0 saturated heterocycles. The van der Waals surface area contributed by atoms with Crippen molar-refractivity contribution >= 4 is 0 Å². The molecule has 14 heavy (non-hydrogen) atoms. The van der Waals surface area contributed by atoms with Gasteiger partial charge in [0.2, 0.25) is 0 Å². The van der Waals surface area contributed by atoms with Gasteiger partial charge in [0.05, 0.1) is 0 Å². The van der Waals surface area contributed by atoms with E-state index in [0.717, 1.165) is 13.0 Å². The first kappa shape index (κ1) is 11.3. The summed E-state index contributed by atoms with van der Waals surface area (Å²) in [5.41, 5.74) is 1.36.